The highest BCUT2D eigenvalue weighted by Crippen LogP contribution is 2.38. The van der Waals surface area contributed by atoms with Crippen molar-refractivity contribution in [2.24, 2.45) is 5.92 Å². The Morgan fingerprint density at radius 1 is 1.05 bits per heavy atom. The van der Waals surface area contributed by atoms with Crippen LogP contribution in [-0.4, -0.2) is 27.5 Å². The maximum absolute atomic E-state index is 13.8. The molecule has 194 valence electrons. The first kappa shape index (κ1) is 26.3. The molecule has 0 saturated heterocycles. The molecule has 2 aromatic carbocycles. The highest BCUT2D eigenvalue weighted by Gasteiger charge is 2.25. The van der Waals surface area contributed by atoms with Crippen LogP contribution >= 0.6 is 0 Å². The lowest BCUT2D eigenvalue weighted by Gasteiger charge is -2.29. The Balaban J connectivity index is 0.00000156. The molecule has 5 rings (SSSR count). The fourth-order valence-electron chi connectivity index (χ4n) is 5.03. The van der Waals surface area contributed by atoms with Crippen LogP contribution < -0.4 is 5.32 Å². The molecule has 1 aliphatic carbocycles. The summed E-state index contributed by atoms with van der Waals surface area (Å²) < 4.78 is 41.0. The van der Waals surface area contributed by atoms with Gasteiger partial charge in [0.05, 0.1) is 11.1 Å². The van der Waals surface area contributed by atoms with Gasteiger partial charge in [0.2, 0.25) is 0 Å². The third-order valence-corrected chi connectivity index (χ3v) is 6.89. The van der Waals surface area contributed by atoms with E-state index in [1.54, 1.807) is 18.3 Å². The third-order valence-electron chi connectivity index (χ3n) is 6.89. The lowest BCUT2D eigenvalue weighted by molar-refractivity contribution is 0.0943. The second-order valence-corrected chi connectivity index (χ2v) is 9.06. The molecule has 0 radical (unpaired) electrons. The summed E-state index contributed by atoms with van der Waals surface area (Å²) in [6.07, 6.45) is 8.46. The summed E-state index contributed by atoms with van der Waals surface area (Å²) in [5.41, 5.74) is 2.76. The zero-order chi connectivity index (χ0) is 26.5. The Hall–Kier alpha value is -3.81. The van der Waals surface area contributed by atoms with Crippen molar-refractivity contribution in [2.75, 3.05) is 6.54 Å². The van der Waals surface area contributed by atoms with E-state index in [2.05, 4.69) is 15.3 Å². The van der Waals surface area contributed by atoms with E-state index >= 15 is 0 Å². The number of halogens is 3. The predicted molar refractivity (Wildman–Crippen MR) is 138 cm³/mol. The van der Waals surface area contributed by atoms with Crippen molar-refractivity contribution in [2.45, 2.75) is 45.4 Å². The maximum atomic E-state index is 13.8. The number of nitrogens with zero attached hydrogens (tertiary/aromatic N) is 1. The number of amides is 1. The number of aromatic amines is 1. The van der Waals surface area contributed by atoms with Crippen molar-refractivity contribution in [1.82, 2.24) is 15.3 Å². The van der Waals surface area contributed by atoms with Crippen LogP contribution in [0, 0.1) is 23.4 Å². The lowest BCUT2D eigenvalue weighted by atomic mass is 9.78. The summed E-state index contributed by atoms with van der Waals surface area (Å²) >= 11 is 0. The van der Waals surface area contributed by atoms with Crippen molar-refractivity contribution < 1.29 is 23.1 Å². The van der Waals surface area contributed by atoms with Crippen molar-refractivity contribution in [3.8, 4) is 16.9 Å². The number of hydrogen-bond acceptors (Lipinski definition) is 3. The predicted octanol–water partition coefficient (Wildman–Crippen LogP) is 7.08. The van der Waals surface area contributed by atoms with Crippen LogP contribution in [0.2, 0.25) is 0 Å². The number of phenolic OH excluding ortho intramolecular Hbond substituents is 1. The zero-order valence-corrected chi connectivity index (χ0v) is 20.8. The number of fused-ring (bicyclic) bond motifs is 1. The molecule has 4 aromatic rings. The summed E-state index contributed by atoms with van der Waals surface area (Å²) in [6.45, 7) is 4.49. The molecule has 0 unspecified atom stereocenters. The Morgan fingerprint density at radius 3 is 2.54 bits per heavy atom. The Kier molecular flexibility index (Phi) is 8.16. The first-order valence-electron chi connectivity index (χ1n) is 12.6. The van der Waals surface area contributed by atoms with E-state index in [-0.39, 0.29) is 22.9 Å². The maximum Gasteiger partial charge on any atom is 0.253 e. The second kappa shape index (κ2) is 11.5. The first-order valence-corrected chi connectivity index (χ1v) is 12.6. The minimum absolute atomic E-state index is 0.203. The SMILES string of the molecule is CC.O=C(NCC1CCC(c2ccnc3ccc(F)cc23)CC1)c1c[nH]cc1-c1cc(O)c(F)c(F)c1. The number of nitrogens with one attached hydrogen (secondary N) is 2. The van der Waals surface area contributed by atoms with Crippen LogP contribution in [0.1, 0.15) is 61.4 Å². The molecule has 0 atom stereocenters. The molecule has 1 fully saturated rings. The van der Waals surface area contributed by atoms with Gasteiger partial charge in [0.1, 0.15) is 5.82 Å². The van der Waals surface area contributed by atoms with Gasteiger partial charge >= 0.3 is 0 Å². The van der Waals surface area contributed by atoms with Gasteiger partial charge in [0.25, 0.3) is 5.91 Å². The summed E-state index contributed by atoms with van der Waals surface area (Å²) in [4.78, 5) is 20.0. The van der Waals surface area contributed by atoms with Crippen LogP contribution in [0.3, 0.4) is 0 Å². The molecule has 1 saturated carbocycles. The van der Waals surface area contributed by atoms with E-state index in [1.807, 2.05) is 19.9 Å². The zero-order valence-electron chi connectivity index (χ0n) is 20.8. The number of hydrogen-bond donors (Lipinski definition) is 3. The summed E-state index contributed by atoms with van der Waals surface area (Å²) in [6, 6.07) is 8.68. The molecule has 0 spiro atoms. The van der Waals surface area contributed by atoms with Gasteiger partial charge in [-0.1, -0.05) is 13.8 Å². The first-order chi connectivity index (χ1) is 17.9. The molecule has 0 bridgehead atoms. The summed E-state index contributed by atoms with van der Waals surface area (Å²) in [5.74, 6) is -3.31. The number of benzene rings is 2. The number of phenols is 1. The second-order valence-electron chi connectivity index (χ2n) is 9.06. The van der Waals surface area contributed by atoms with Gasteiger partial charge in [-0.15, -0.1) is 0 Å². The molecule has 37 heavy (non-hydrogen) atoms. The molecule has 8 heteroatoms. The molecule has 2 aromatic heterocycles. The van der Waals surface area contributed by atoms with Gasteiger partial charge in [-0.2, -0.15) is 4.39 Å². The Bertz CT molecular complexity index is 1370. The molecule has 1 amide bonds. The van der Waals surface area contributed by atoms with Gasteiger partial charge in [-0.25, -0.2) is 8.78 Å². The van der Waals surface area contributed by atoms with Crippen LogP contribution in [0.15, 0.2) is 55.0 Å². The topological polar surface area (TPSA) is 78.0 Å². The fourth-order valence-corrected chi connectivity index (χ4v) is 5.03. The monoisotopic (exact) mass is 509 g/mol. The van der Waals surface area contributed by atoms with Crippen LogP contribution in [0.25, 0.3) is 22.0 Å². The molecule has 2 heterocycles. The van der Waals surface area contributed by atoms with E-state index < -0.39 is 17.4 Å². The molecule has 0 aliphatic heterocycles. The molecule has 3 N–H and O–H groups in total. The van der Waals surface area contributed by atoms with Crippen LogP contribution in [0.5, 0.6) is 5.75 Å². The van der Waals surface area contributed by atoms with E-state index in [1.165, 1.54) is 18.5 Å². The van der Waals surface area contributed by atoms with Gasteiger partial charge in [-0.3, -0.25) is 9.78 Å². The average molecular weight is 510 g/mol. The van der Waals surface area contributed by atoms with Gasteiger partial charge < -0.3 is 15.4 Å². The highest BCUT2D eigenvalue weighted by molar-refractivity contribution is 6.00. The molecule has 1 aliphatic rings. The molecule has 5 nitrogen and oxygen atoms in total. The number of H-pyrrole nitrogens is 1. The number of carbonyl (C=O) groups is 1. The average Bonchev–Trinajstić information content (AvgIpc) is 3.41. The largest absolute Gasteiger partial charge is 0.505 e. The molecular weight excluding hydrogens is 479 g/mol. The highest BCUT2D eigenvalue weighted by atomic mass is 19.2. The van der Waals surface area contributed by atoms with Crippen LogP contribution in [-0.2, 0) is 0 Å². The van der Waals surface area contributed by atoms with Crippen molar-refractivity contribution in [3.63, 3.8) is 0 Å². The van der Waals surface area contributed by atoms with Gasteiger partial charge in [-0.05, 0) is 85.0 Å². The normalized spacial score (nSPS) is 17.2. The van der Waals surface area contributed by atoms with Crippen LogP contribution in [0.4, 0.5) is 13.2 Å². The van der Waals surface area contributed by atoms with Crippen molar-refractivity contribution in [1.29, 1.82) is 0 Å². The molecular formula is C29H30F3N3O2. The fraction of sp³-hybridized carbons (Fsp3) is 0.310. The van der Waals surface area contributed by atoms with E-state index in [0.717, 1.165) is 54.3 Å². The number of rotatable bonds is 5. The van der Waals surface area contributed by atoms with E-state index in [9.17, 15) is 23.1 Å². The quantitative estimate of drug-likeness (QED) is 0.269. The number of aromatic nitrogens is 2. The standard InChI is InChI=1S/C27H24F3N3O2.C2H6/c28-18-5-6-24-20(11-18)19(7-8-32-24)16-3-1-15(2-4-16)12-33-27(35)22-14-31-13-21(22)17-9-23(29)26(30)25(34)10-17;1-2/h5-11,13-16,31,34H,1-4,12H2,(H,33,35);1-2H3. The van der Waals surface area contributed by atoms with Gasteiger partial charge in [0, 0.05) is 36.1 Å². The lowest BCUT2D eigenvalue weighted by Crippen LogP contribution is -2.31. The summed E-state index contributed by atoms with van der Waals surface area (Å²) in [7, 11) is 0. The number of carbonyl (C=O) groups excluding carboxylic acids is 1. The number of pyridine rings is 1. The van der Waals surface area contributed by atoms with E-state index in [4.69, 9.17) is 0 Å². The summed E-state index contributed by atoms with van der Waals surface area (Å²) in [5, 5.41) is 13.4. The van der Waals surface area contributed by atoms with Crippen molar-refractivity contribution >= 4 is 16.8 Å². The Morgan fingerprint density at radius 2 is 1.81 bits per heavy atom. The van der Waals surface area contributed by atoms with Crippen molar-refractivity contribution in [3.05, 3.63) is 83.6 Å². The van der Waals surface area contributed by atoms with E-state index in [0.29, 0.717) is 23.9 Å². The van der Waals surface area contributed by atoms with Gasteiger partial charge in [0.15, 0.2) is 17.4 Å². The smallest absolute Gasteiger partial charge is 0.253 e. The third kappa shape index (κ3) is 5.63. The minimum atomic E-state index is -1.32. The Labute approximate surface area is 213 Å². The minimum Gasteiger partial charge on any atom is -0.505 e. The number of aromatic hydroxyl groups is 1.